The van der Waals surface area contributed by atoms with E-state index in [-0.39, 0.29) is 11.5 Å². The Morgan fingerprint density at radius 2 is 1.09 bits per heavy atom. The van der Waals surface area contributed by atoms with Gasteiger partial charge in [0.2, 0.25) is 0 Å². The number of aromatic hydroxyl groups is 2. The van der Waals surface area contributed by atoms with Gasteiger partial charge in [-0.3, -0.25) is 0 Å². The summed E-state index contributed by atoms with van der Waals surface area (Å²) in [5.74, 6) is 0.0910. The lowest BCUT2D eigenvalue weighted by atomic mass is 10.1. The zero-order valence-corrected chi connectivity index (χ0v) is 12.9. The Labute approximate surface area is 130 Å². The van der Waals surface area contributed by atoms with Gasteiger partial charge < -0.3 is 29.5 Å². The zero-order chi connectivity index (χ0) is 15.4. The smallest absolute Gasteiger partial charge is 0.166 e. The van der Waals surface area contributed by atoms with E-state index in [0.29, 0.717) is 0 Å². The molecule has 2 saturated heterocycles. The SMILES string of the molecule is Oc1c(C[NH+]2CCOCC2)ccc(C[NH+]2CCOCC2)c1O. The first-order chi connectivity index (χ1) is 10.7. The molecule has 1 aromatic carbocycles. The minimum atomic E-state index is 0.0455. The van der Waals surface area contributed by atoms with Gasteiger partial charge in [0, 0.05) is 0 Å². The van der Waals surface area contributed by atoms with Crippen LogP contribution in [0.25, 0.3) is 0 Å². The standard InChI is InChI=1S/C16H24N2O4/c19-15-13(11-17-3-7-21-8-4-17)1-2-14(16(15)20)12-18-5-9-22-10-6-18/h1-2,19-20H,3-12H2/p+2. The minimum Gasteiger partial charge on any atom is -0.504 e. The molecule has 0 aromatic heterocycles. The van der Waals surface area contributed by atoms with Crippen LogP contribution in [0.1, 0.15) is 11.1 Å². The van der Waals surface area contributed by atoms with Crippen molar-refractivity contribution in [3.63, 3.8) is 0 Å². The predicted octanol–water partition coefficient (Wildman–Crippen LogP) is -2.07. The molecule has 1 aromatic rings. The molecule has 122 valence electrons. The molecule has 6 heteroatoms. The van der Waals surface area contributed by atoms with Crippen LogP contribution in [0.2, 0.25) is 0 Å². The summed E-state index contributed by atoms with van der Waals surface area (Å²) in [6.45, 7) is 8.29. The Morgan fingerprint density at radius 1 is 0.727 bits per heavy atom. The number of quaternary nitrogens is 2. The van der Waals surface area contributed by atoms with Crippen LogP contribution in [0, 0.1) is 0 Å². The van der Waals surface area contributed by atoms with E-state index in [1.807, 2.05) is 12.1 Å². The molecule has 0 spiro atoms. The van der Waals surface area contributed by atoms with Gasteiger partial charge in [0.05, 0.1) is 37.6 Å². The van der Waals surface area contributed by atoms with Gasteiger partial charge in [-0.1, -0.05) is 0 Å². The number of phenols is 2. The monoisotopic (exact) mass is 310 g/mol. The van der Waals surface area contributed by atoms with Crippen molar-refractivity contribution in [1.29, 1.82) is 0 Å². The first kappa shape index (κ1) is 15.6. The maximum atomic E-state index is 10.3. The molecule has 0 saturated carbocycles. The van der Waals surface area contributed by atoms with Crippen LogP contribution < -0.4 is 9.80 Å². The largest absolute Gasteiger partial charge is 0.504 e. The first-order valence-corrected chi connectivity index (χ1v) is 8.09. The molecule has 0 radical (unpaired) electrons. The maximum absolute atomic E-state index is 10.3. The third-order valence-electron chi connectivity index (χ3n) is 4.60. The van der Waals surface area contributed by atoms with E-state index in [0.717, 1.165) is 76.8 Å². The van der Waals surface area contributed by atoms with Crippen molar-refractivity contribution in [2.75, 3.05) is 52.6 Å². The summed E-state index contributed by atoms with van der Waals surface area (Å²) in [5, 5.41) is 20.6. The number of nitrogens with one attached hydrogen (secondary N) is 2. The zero-order valence-electron chi connectivity index (χ0n) is 12.9. The topological polar surface area (TPSA) is 67.8 Å². The van der Waals surface area contributed by atoms with Crippen molar-refractivity contribution in [2.45, 2.75) is 13.1 Å². The predicted molar refractivity (Wildman–Crippen MR) is 80.2 cm³/mol. The average molecular weight is 310 g/mol. The molecule has 2 fully saturated rings. The molecular weight excluding hydrogens is 284 g/mol. The van der Waals surface area contributed by atoms with E-state index in [1.165, 1.54) is 9.80 Å². The van der Waals surface area contributed by atoms with E-state index in [9.17, 15) is 10.2 Å². The number of hydrogen-bond donors (Lipinski definition) is 4. The summed E-state index contributed by atoms with van der Waals surface area (Å²) in [4.78, 5) is 2.76. The van der Waals surface area contributed by atoms with Crippen molar-refractivity contribution in [2.24, 2.45) is 0 Å². The number of morpholine rings is 2. The Bertz CT molecular complexity index is 452. The van der Waals surface area contributed by atoms with E-state index >= 15 is 0 Å². The summed E-state index contributed by atoms with van der Waals surface area (Å²) >= 11 is 0. The fourth-order valence-electron chi connectivity index (χ4n) is 3.16. The summed E-state index contributed by atoms with van der Waals surface area (Å²) in [5.41, 5.74) is 1.63. The van der Waals surface area contributed by atoms with Gasteiger partial charge in [-0.15, -0.1) is 0 Å². The quantitative estimate of drug-likeness (QED) is 0.482. The Hall–Kier alpha value is -1.34. The van der Waals surface area contributed by atoms with Crippen molar-refractivity contribution in [3.05, 3.63) is 23.3 Å². The highest BCUT2D eigenvalue weighted by Crippen LogP contribution is 2.32. The number of benzene rings is 1. The summed E-state index contributed by atoms with van der Waals surface area (Å²) in [6, 6.07) is 3.90. The first-order valence-electron chi connectivity index (χ1n) is 8.09. The van der Waals surface area contributed by atoms with Crippen LogP contribution in [0.3, 0.4) is 0 Å². The second kappa shape index (κ2) is 7.28. The van der Waals surface area contributed by atoms with Crippen molar-refractivity contribution in [3.8, 4) is 11.5 Å². The van der Waals surface area contributed by atoms with Crippen LogP contribution in [-0.4, -0.2) is 62.8 Å². The van der Waals surface area contributed by atoms with E-state index < -0.39 is 0 Å². The van der Waals surface area contributed by atoms with E-state index in [4.69, 9.17) is 9.47 Å². The molecular formula is C16H26N2O4+2. The highest BCUT2D eigenvalue weighted by Gasteiger charge is 2.21. The molecule has 3 rings (SSSR count). The fourth-order valence-corrected chi connectivity index (χ4v) is 3.16. The van der Waals surface area contributed by atoms with Crippen LogP contribution in [0.15, 0.2) is 12.1 Å². The van der Waals surface area contributed by atoms with Crippen molar-refractivity contribution < 1.29 is 29.5 Å². The highest BCUT2D eigenvalue weighted by atomic mass is 16.5. The molecule has 22 heavy (non-hydrogen) atoms. The summed E-state index contributed by atoms with van der Waals surface area (Å²) < 4.78 is 10.7. The molecule has 6 nitrogen and oxygen atoms in total. The molecule has 4 N–H and O–H groups in total. The second-order valence-corrected chi connectivity index (χ2v) is 6.16. The minimum absolute atomic E-state index is 0.0455. The fraction of sp³-hybridized carbons (Fsp3) is 0.625. The highest BCUT2D eigenvalue weighted by molar-refractivity contribution is 5.49. The second-order valence-electron chi connectivity index (χ2n) is 6.16. The lowest BCUT2D eigenvalue weighted by Gasteiger charge is -2.25. The van der Waals surface area contributed by atoms with Crippen molar-refractivity contribution >= 4 is 0 Å². The molecule has 0 amide bonds. The summed E-state index contributed by atoms with van der Waals surface area (Å²) in [7, 11) is 0. The lowest BCUT2D eigenvalue weighted by molar-refractivity contribution is -0.921. The Morgan fingerprint density at radius 3 is 1.45 bits per heavy atom. The molecule has 2 heterocycles. The number of hydrogen-bond acceptors (Lipinski definition) is 4. The average Bonchev–Trinajstić information content (AvgIpc) is 2.56. The van der Waals surface area contributed by atoms with Gasteiger partial charge in [-0.25, -0.2) is 0 Å². The molecule has 0 aliphatic carbocycles. The molecule has 0 atom stereocenters. The normalized spacial score (nSPS) is 21.1. The van der Waals surface area contributed by atoms with Gasteiger partial charge in [0.25, 0.3) is 0 Å². The third kappa shape index (κ3) is 3.70. The number of rotatable bonds is 4. The van der Waals surface area contributed by atoms with Crippen LogP contribution >= 0.6 is 0 Å². The van der Waals surface area contributed by atoms with Crippen LogP contribution in [0.4, 0.5) is 0 Å². The Kier molecular flexibility index (Phi) is 5.15. The van der Waals surface area contributed by atoms with Crippen LogP contribution in [0.5, 0.6) is 11.5 Å². The number of ether oxygens (including phenoxy) is 2. The molecule has 2 aliphatic rings. The van der Waals surface area contributed by atoms with Gasteiger partial charge in [0.1, 0.15) is 39.3 Å². The number of phenolic OH excluding ortho intramolecular Hbond substituents is 2. The molecule has 0 unspecified atom stereocenters. The molecule has 0 bridgehead atoms. The Balaban J connectivity index is 1.67. The third-order valence-corrected chi connectivity index (χ3v) is 4.60. The van der Waals surface area contributed by atoms with Crippen LogP contribution in [-0.2, 0) is 22.6 Å². The van der Waals surface area contributed by atoms with Gasteiger partial charge >= 0.3 is 0 Å². The lowest BCUT2D eigenvalue weighted by Crippen LogP contribution is -3.12. The maximum Gasteiger partial charge on any atom is 0.166 e. The molecule has 2 aliphatic heterocycles. The van der Waals surface area contributed by atoms with Gasteiger partial charge in [-0.2, -0.15) is 0 Å². The van der Waals surface area contributed by atoms with E-state index in [2.05, 4.69) is 0 Å². The summed E-state index contributed by atoms with van der Waals surface area (Å²) in [6.07, 6.45) is 0. The van der Waals surface area contributed by atoms with Gasteiger partial charge in [0.15, 0.2) is 11.5 Å². The van der Waals surface area contributed by atoms with Gasteiger partial charge in [-0.05, 0) is 12.1 Å². The van der Waals surface area contributed by atoms with E-state index in [1.54, 1.807) is 0 Å². The van der Waals surface area contributed by atoms with Crippen molar-refractivity contribution in [1.82, 2.24) is 0 Å².